The predicted molar refractivity (Wildman–Crippen MR) is 91.3 cm³/mol. The molecule has 3 aliphatic rings. The van der Waals surface area contributed by atoms with Gasteiger partial charge in [0.25, 0.3) is 0 Å². The molecule has 4 atom stereocenters. The first kappa shape index (κ1) is 18.0. The van der Waals surface area contributed by atoms with E-state index in [1.807, 2.05) is 20.8 Å². The zero-order valence-electron chi connectivity index (χ0n) is 15.3. The van der Waals surface area contributed by atoms with Gasteiger partial charge >= 0.3 is 6.09 Å². The average molecular weight is 348 g/mol. The lowest BCUT2D eigenvalue weighted by Gasteiger charge is -2.36. The van der Waals surface area contributed by atoms with Crippen molar-refractivity contribution in [3.8, 4) is 6.07 Å². The molecule has 3 rings (SSSR count). The van der Waals surface area contributed by atoms with Crippen LogP contribution in [0, 0.1) is 23.2 Å². The van der Waals surface area contributed by atoms with Crippen LogP contribution >= 0.6 is 0 Å². The van der Waals surface area contributed by atoms with Gasteiger partial charge in [-0.25, -0.2) is 4.79 Å². The number of amides is 2. The third-order valence-electron chi connectivity index (χ3n) is 5.49. The minimum absolute atomic E-state index is 0.0447. The predicted octanol–water partition coefficient (Wildman–Crippen LogP) is 1.47. The Labute approximate surface area is 149 Å². The van der Waals surface area contributed by atoms with E-state index in [0.717, 1.165) is 12.8 Å². The molecule has 2 amide bonds. The smallest absolute Gasteiger partial charge is 0.410 e. The van der Waals surface area contributed by atoms with E-state index in [1.165, 1.54) is 0 Å². The molecule has 138 valence electrons. The van der Waals surface area contributed by atoms with Gasteiger partial charge in [-0.05, 0) is 58.3 Å². The first-order valence-corrected chi connectivity index (χ1v) is 9.16. The highest BCUT2D eigenvalue weighted by Gasteiger charge is 2.55. The highest BCUT2D eigenvalue weighted by molar-refractivity contribution is 5.84. The summed E-state index contributed by atoms with van der Waals surface area (Å²) in [6, 6.07) is 1.56. The lowest BCUT2D eigenvalue weighted by Crippen LogP contribution is -2.53. The summed E-state index contributed by atoms with van der Waals surface area (Å²) in [7, 11) is 0. The maximum Gasteiger partial charge on any atom is 0.410 e. The van der Waals surface area contributed by atoms with Crippen molar-refractivity contribution < 1.29 is 14.3 Å². The number of fused-ring (bicyclic) bond motifs is 1. The minimum atomic E-state index is -0.587. The van der Waals surface area contributed by atoms with Crippen molar-refractivity contribution in [3.63, 3.8) is 0 Å². The van der Waals surface area contributed by atoms with Gasteiger partial charge in [-0.15, -0.1) is 0 Å². The highest BCUT2D eigenvalue weighted by Crippen LogP contribution is 2.48. The maximum atomic E-state index is 12.8. The summed E-state index contributed by atoms with van der Waals surface area (Å²) < 4.78 is 5.39. The molecule has 0 radical (unpaired) electrons. The van der Waals surface area contributed by atoms with Gasteiger partial charge in [0.1, 0.15) is 11.6 Å². The maximum absolute atomic E-state index is 12.8. The van der Waals surface area contributed by atoms with Gasteiger partial charge in [-0.1, -0.05) is 0 Å². The SMILES string of the molecule is CC(C)(C)OC(=O)N1CCC([C@H](N)C(=O)N2[C@H](C#N)C[C@@H]3C[C@@H]32)CC1. The van der Waals surface area contributed by atoms with Crippen LogP contribution in [0.15, 0.2) is 0 Å². The summed E-state index contributed by atoms with van der Waals surface area (Å²) in [6.07, 6.45) is 2.86. The van der Waals surface area contributed by atoms with Crippen LogP contribution in [0.5, 0.6) is 0 Å². The molecule has 0 unspecified atom stereocenters. The molecule has 0 aromatic heterocycles. The molecule has 25 heavy (non-hydrogen) atoms. The van der Waals surface area contributed by atoms with Crippen molar-refractivity contribution >= 4 is 12.0 Å². The van der Waals surface area contributed by atoms with Crippen LogP contribution in [0.3, 0.4) is 0 Å². The number of piperidine rings is 2. The monoisotopic (exact) mass is 348 g/mol. The van der Waals surface area contributed by atoms with Crippen LogP contribution < -0.4 is 5.73 Å². The number of rotatable bonds is 2. The topological polar surface area (TPSA) is 99.7 Å². The molecule has 0 aromatic rings. The van der Waals surface area contributed by atoms with E-state index >= 15 is 0 Å². The van der Waals surface area contributed by atoms with E-state index < -0.39 is 11.6 Å². The highest BCUT2D eigenvalue weighted by atomic mass is 16.6. The van der Waals surface area contributed by atoms with Crippen LogP contribution in [0.25, 0.3) is 0 Å². The van der Waals surface area contributed by atoms with Gasteiger partial charge in [0.15, 0.2) is 0 Å². The van der Waals surface area contributed by atoms with Gasteiger partial charge in [-0.2, -0.15) is 5.26 Å². The van der Waals surface area contributed by atoms with Crippen molar-refractivity contribution in [3.05, 3.63) is 0 Å². The number of carbonyl (C=O) groups excluding carboxylic acids is 2. The minimum Gasteiger partial charge on any atom is -0.444 e. The molecule has 1 aliphatic carbocycles. The Kier molecular flexibility index (Phi) is 4.67. The Bertz CT molecular complexity index is 586. The summed E-state index contributed by atoms with van der Waals surface area (Å²) in [5.41, 5.74) is 5.75. The molecule has 0 spiro atoms. The molecular formula is C18H28N4O3. The number of ether oxygens (including phenoxy) is 1. The molecule has 7 nitrogen and oxygen atoms in total. The van der Waals surface area contributed by atoms with Crippen LogP contribution in [0.2, 0.25) is 0 Å². The number of nitrogens with zero attached hydrogens (tertiary/aromatic N) is 3. The second-order valence-electron chi connectivity index (χ2n) is 8.52. The summed E-state index contributed by atoms with van der Waals surface area (Å²) in [5.74, 6) is 0.449. The quantitative estimate of drug-likeness (QED) is 0.814. The fraction of sp³-hybridized carbons (Fsp3) is 0.833. The molecule has 2 aliphatic heterocycles. The first-order valence-electron chi connectivity index (χ1n) is 9.16. The van der Waals surface area contributed by atoms with E-state index in [1.54, 1.807) is 9.80 Å². The molecule has 2 N–H and O–H groups in total. The zero-order valence-corrected chi connectivity index (χ0v) is 15.3. The Balaban J connectivity index is 1.53. The summed E-state index contributed by atoms with van der Waals surface area (Å²) in [5, 5.41) is 9.26. The molecule has 0 aromatic carbocycles. The van der Waals surface area contributed by atoms with E-state index in [4.69, 9.17) is 10.5 Å². The Hall–Kier alpha value is -1.81. The fourth-order valence-corrected chi connectivity index (χ4v) is 4.03. The second-order valence-corrected chi connectivity index (χ2v) is 8.52. The number of carbonyl (C=O) groups is 2. The van der Waals surface area contributed by atoms with Crippen LogP contribution in [-0.4, -0.2) is 58.6 Å². The number of hydrogen-bond acceptors (Lipinski definition) is 5. The number of nitrogens with two attached hydrogens (primary N) is 1. The number of nitriles is 1. The summed E-state index contributed by atoms with van der Waals surface area (Å²) >= 11 is 0. The van der Waals surface area contributed by atoms with Crippen LogP contribution in [0.4, 0.5) is 4.79 Å². The second kappa shape index (κ2) is 6.49. The lowest BCUT2D eigenvalue weighted by molar-refractivity contribution is -0.135. The van der Waals surface area contributed by atoms with E-state index in [0.29, 0.717) is 31.8 Å². The molecule has 2 heterocycles. The van der Waals surface area contributed by atoms with Gasteiger partial charge in [0.05, 0.1) is 12.1 Å². The van der Waals surface area contributed by atoms with Crippen molar-refractivity contribution in [2.45, 2.75) is 70.2 Å². The summed E-state index contributed by atoms with van der Waals surface area (Å²) in [4.78, 5) is 28.3. The standard InChI is InChI=1S/C18H28N4O3/c1-18(2,3)25-17(24)21-6-4-11(5-7-21)15(20)16(23)22-13(10-19)8-12-9-14(12)22/h11-15H,4-9,20H2,1-3H3/t12-,13+,14+,15+/m1/s1. The van der Waals surface area contributed by atoms with Gasteiger partial charge in [0, 0.05) is 19.1 Å². The Morgan fingerprint density at radius 3 is 2.44 bits per heavy atom. The van der Waals surface area contributed by atoms with E-state index in [2.05, 4.69) is 6.07 Å². The molecule has 2 saturated heterocycles. The van der Waals surface area contributed by atoms with Crippen molar-refractivity contribution in [2.24, 2.45) is 17.6 Å². The average Bonchev–Trinajstić information content (AvgIpc) is 3.22. The third-order valence-corrected chi connectivity index (χ3v) is 5.49. The van der Waals surface area contributed by atoms with Gasteiger partial charge < -0.3 is 20.3 Å². The number of likely N-dealkylation sites (tertiary alicyclic amines) is 2. The van der Waals surface area contributed by atoms with E-state index in [9.17, 15) is 14.9 Å². The third kappa shape index (κ3) is 3.74. The van der Waals surface area contributed by atoms with Gasteiger partial charge in [0.2, 0.25) is 5.91 Å². The number of hydrogen-bond donors (Lipinski definition) is 1. The molecule has 7 heteroatoms. The normalized spacial score (nSPS) is 30.4. The largest absolute Gasteiger partial charge is 0.444 e. The van der Waals surface area contributed by atoms with Crippen molar-refractivity contribution in [1.82, 2.24) is 9.80 Å². The lowest BCUT2D eigenvalue weighted by atomic mass is 9.89. The summed E-state index contributed by atoms with van der Waals surface area (Å²) in [6.45, 7) is 6.64. The Morgan fingerprint density at radius 1 is 1.24 bits per heavy atom. The van der Waals surface area contributed by atoms with Crippen molar-refractivity contribution in [1.29, 1.82) is 5.26 Å². The van der Waals surface area contributed by atoms with Crippen LogP contribution in [0.1, 0.15) is 46.5 Å². The molecular weight excluding hydrogens is 320 g/mol. The van der Waals surface area contributed by atoms with Crippen molar-refractivity contribution in [2.75, 3.05) is 13.1 Å². The van der Waals surface area contributed by atoms with Crippen LogP contribution in [-0.2, 0) is 9.53 Å². The fourth-order valence-electron chi connectivity index (χ4n) is 4.03. The first-order chi connectivity index (χ1) is 11.7. The zero-order chi connectivity index (χ0) is 18.4. The molecule has 0 bridgehead atoms. The van der Waals surface area contributed by atoms with E-state index in [-0.39, 0.29) is 30.0 Å². The van der Waals surface area contributed by atoms with Gasteiger partial charge in [-0.3, -0.25) is 4.79 Å². The Morgan fingerprint density at radius 2 is 1.88 bits per heavy atom. The molecule has 1 saturated carbocycles. The molecule has 3 fully saturated rings.